The predicted octanol–water partition coefficient (Wildman–Crippen LogP) is 10.0. The van der Waals surface area contributed by atoms with Gasteiger partial charge in [0.05, 0.1) is 0 Å². The molecule has 2 aromatic heterocycles. The average molecular weight is 459 g/mol. The van der Waals surface area contributed by atoms with Gasteiger partial charge in [-0.2, -0.15) is 0 Å². The Labute approximate surface area is 205 Å². The zero-order valence-corrected chi connectivity index (χ0v) is 19.2. The molecule has 0 aliphatic heterocycles. The minimum Gasteiger partial charge on any atom is -0.456 e. The Kier molecular flexibility index (Phi) is 3.31. The van der Waals surface area contributed by atoms with Gasteiger partial charge < -0.3 is 8.83 Å². The van der Waals surface area contributed by atoms with Crippen LogP contribution in [0.5, 0.6) is 0 Å². The highest BCUT2D eigenvalue weighted by molar-refractivity contribution is 6.30. The third-order valence-electron chi connectivity index (χ3n) is 7.81. The fourth-order valence-electron chi connectivity index (χ4n) is 6.27. The van der Waals surface area contributed by atoms with Crippen molar-refractivity contribution < 1.29 is 8.83 Å². The highest BCUT2D eigenvalue weighted by atomic mass is 16.3. The Hall–Kier alpha value is -4.82. The Morgan fingerprint density at radius 1 is 0.389 bits per heavy atom. The Bertz CT molecular complexity index is 2290. The number of hydrogen-bond donors (Lipinski definition) is 0. The van der Waals surface area contributed by atoms with Crippen molar-refractivity contribution in [3.63, 3.8) is 0 Å². The molecule has 0 saturated carbocycles. The van der Waals surface area contributed by atoms with E-state index < -0.39 is 0 Å². The van der Waals surface area contributed by atoms with Crippen LogP contribution in [-0.2, 0) is 0 Å². The Morgan fingerprint density at radius 3 is 1.89 bits per heavy atom. The second-order valence-corrected chi connectivity index (χ2v) is 9.67. The summed E-state index contributed by atoms with van der Waals surface area (Å²) >= 11 is 0. The molecule has 36 heavy (non-hydrogen) atoms. The van der Waals surface area contributed by atoms with Crippen molar-refractivity contribution in [1.29, 1.82) is 0 Å². The third kappa shape index (κ3) is 2.22. The minimum absolute atomic E-state index is 0.885. The molecule has 9 rings (SSSR count). The van der Waals surface area contributed by atoms with E-state index in [0.29, 0.717) is 0 Å². The number of para-hydroxylation sites is 2. The molecule has 2 nitrogen and oxygen atoms in total. The quantitative estimate of drug-likeness (QED) is 0.229. The second kappa shape index (κ2) is 6.44. The van der Waals surface area contributed by atoms with Gasteiger partial charge in [0.15, 0.2) is 0 Å². The van der Waals surface area contributed by atoms with Crippen molar-refractivity contribution in [3.8, 4) is 11.1 Å². The lowest BCUT2D eigenvalue weighted by molar-refractivity contribution is 0.664. The van der Waals surface area contributed by atoms with Crippen LogP contribution in [-0.4, -0.2) is 0 Å². The van der Waals surface area contributed by atoms with Gasteiger partial charge in [-0.1, -0.05) is 91.0 Å². The summed E-state index contributed by atoms with van der Waals surface area (Å²) in [4.78, 5) is 0. The summed E-state index contributed by atoms with van der Waals surface area (Å²) in [5, 5.41) is 12.0. The highest BCUT2D eigenvalue weighted by Crippen LogP contribution is 2.48. The molecule has 7 aromatic carbocycles. The van der Waals surface area contributed by atoms with E-state index in [0.717, 1.165) is 49.4 Å². The van der Waals surface area contributed by atoms with E-state index in [-0.39, 0.29) is 0 Å². The van der Waals surface area contributed by atoms with E-state index in [4.69, 9.17) is 8.83 Å². The zero-order chi connectivity index (χ0) is 23.4. The van der Waals surface area contributed by atoms with E-state index in [1.54, 1.807) is 0 Å². The second-order valence-electron chi connectivity index (χ2n) is 9.67. The number of rotatable bonds is 1. The molecule has 0 spiro atoms. The van der Waals surface area contributed by atoms with Gasteiger partial charge in [-0.15, -0.1) is 0 Å². The van der Waals surface area contributed by atoms with Gasteiger partial charge in [0.1, 0.15) is 22.3 Å². The standard InChI is InChI=1S/C34H18O2/c1-3-10-27-22(8-1)26-18-29-32(25-9-2-4-11-28(25)35-29)33(34(26)36-27)24-17-15-21-13-12-19-6-5-7-20-14-16-23(24)31(21)30(19)20/h1-18H. The topological polar surface area (TPSA) is 26.3 Å². The SMILES string of the molecule is c1cc2ccc3ccc(-c4c5oc6ccccc6c5cc5oc6ccccc6c45)c4ccc(c1)c2c34. The van der Waals surface area contributed by atoms with E-state index in [1.807, 2.05) is 24.3 Å². The first kappa shape index (κ1) is 18.5. The number of furan rings is 2. The van der Waals surface area contributed by atoms with Crippen LogP contribution >= 0.6 is 0 Å². The molecule has 0 atom stereocenters. The summed E-state index contributed by atoms with van der Waals surface area (Å²) in [6.45, 7) is 0. The van der Waals surface area contributed by atoms with E-state index >= 15 is 0 Å². The maximum atomic E-state index is 6.61. The van der Waals surface area contributed by atoms with Crippen LogP contribution in [0.25, 0.3) is 87.3 Å². The van der Waals surface area contributed by atoms with E-state index in [9.17, 15) is 0 Å². The summed E-state index contributed by atoms with van der Waals surface area (Å²) in [5.74, 6) is 0. The van der Waals surface area contributed by atoms with Gasteiger partial charge in [-0.25, -0.2) is 0 Å². The fraction of sp³-hybridized carbons (Fsp3) is 0. The van der Waals surface area contributed by atoms with Gasteiger partial charge in [-0.05, 0) is 56.1 Å². The molecule has 9 aromatic rings. The first-order chi connectivity index (χ1) is 17.8. The molecule has 0 N–H and O–H groups in total. The first-order valence-corrected chi connectivity index (χ1v) is 12.3. The van der Waals surface area contributed by atoms with Crippen LogP contribution < -0.4 is 0 Å². The van der Waals surface area contributed by atoms with Crippen molar-refractivity contribution >= 4 is 76.2 Å². The molecule has 0 aliphatic carbocycles. The van der Waals surface area contributed by atoms with Crippen molar-refractivity contribution in [2.45, 2.75) is 0 Å². The van der Waals surface area contributed by atoms with Gasteiger partial charge in [0.2, 0.25) is 0 Å². The predicted molar refractivity (Wildman–Crippen MR) is 150 cm³/mol. The monoisotopic (exact) mass is 458 g/mol. The minimum atomic E-state index is 0.885. The van der Waals surface area contributed by atoms with Crippen LogP contribution in [0.2, 0.25) is 0 Å². The Balaban J connectivity index is 1.56. The number of benzene rings is 7. The molecule has 2 heteroatoms. The lowest BCUT2D eigenvalue weighted by atomic mass is 9.88. The van der Waals surface area contributed by atoms with Crippen LogP contribution in [0.1, 0.15) is 0 Å². The van der Waals surface area contributed by atoms with Gasteiger partial charge in [0, 0.05) is 27.1 Å². The largest absolute Gasteiger partial charge is 0.456 e. The molecule has 0 aliphatic rings. The van der Waals surface area contributed by atoms with Crippen molar-refractivity contribution in [2.24, 2.45) is 0 Å². The maximum Gasteiger partial charge on any atom is 0.144 e. The van der Waals surface area contributed by atoms with Crippen LogP contribution in [0.4, 0.5) is 0 Å². The molecule has 0 amide bonds. The molecule has 0 radical (unpaired) electrons. The fourth-order valence-corrected chi connectivity index (χ4v) is 6.27. The summed E-state index contributed by atoms with van der Waals surface area (Å²) in [7, 11) is 0. The maximum absolute atomic E-state index is 6.61. The molecule has 166 valence electrons. The first-order valence-electron chi connectivity index (χ1n) is 12.3. The van der Waals surface area contributed by atoms with Crippen LogP contribution in [0, 0.1) is 0 Å². The molecule has 0 bridgehead atoms. The zero-order valence-electron chi connectivity index (χ0n) is 19.2. The number of hydrogen-bond acceptors (Lipinski definition) is 2. The van der Waals surface area contributed by atoms with Crippen molar-refractivity contribution in [1.82, 2.24) is 0 Å². The van der Waals surface area contributed by atoms with Gasteiger partial charge in [0.25, 0.3) is 0 Å². The lowest BCUT2D eigenvalue weighted by Crippen LogP contribution is -1.88. The summed E-state index contributed by atoms with van der Waals surface area (Å²) < 4.78 is 13.0. The average Bonchev–Trinajstić information content (AvgIpc) is 3.49. The molecule has 0 saturated heterocycles. The smallest absolute Gasteiger partial charge is 0.144 e. The van der Waals surface area contributed by atoms with Gasteiger partial charge >= 0.3 is 0 Å². The highest BCUT2D eigenvalue weighted by Gasteiger charge is 2.23. The number of fused-ring (bicyclic) bond motifs is 6. The molecular formula is C34H18O2. The van der Waals surface area contributed by atoms with E-state index in [2.05, 4.69) is 84.9 Å². The summed E-state index contributed by atoms with van der Waals surface area (Å²) in [5.41, 5.74) is 5.84. The Morgan fingerprint density at radius 2 is 1.06 bits per heavy atom. The van der Waals surface area contributed by atoms with Crippen LogP contribution in [0.3, 0.4) is 0 Å². The summed E-state index contributed by atoms with van der Waals surface area (Å²) in [6, 6.07) is 38.7. The van der Waals surface area contributed by atoms with Crippen molar-refractivity contribution in [2.75, 3.05) is 0 Å². The molecule has 0 fully saturated rings. The third-order valence-corrected chi connectivity index (χ3v) is 7.81. The normalized spacial score (nSPS) is 12.4. The van der Waals surface area contributed by atoms with Gasteiger partial charge in [-0.3, -0.25) is 0 Å². The lowest BCUT2D eigenvalue weighted by Gasteiger charge is -2.15. The van der Waals surface area contributed by atoms with Crippen molar-refractivity contribution in [3.05, 3.63) is 109 Å². The molecule has 0 unspecified atom stereocenters. The molecular weight excluding hydrogens is 440 g/mol. The molecule has 2 heterocycles. The van der Waals surface area contributed by atoms with Crippen LogP contribution in [0.15, 0.2) is 118 Å². The summed E-state index contributed by atoms with van der Waals surface area (Å²) in [6.07, 6.45) is 0. The van der Waals surface area contributed by atoms with E-state index in [1.165, 1.54) is 37.9 Å².